The van der Waals surface area contributed by atoms with Gasteiger partial charge in [0.2, 0.25) is 5.88 Å². The first-order valence-electron chi connectivity index (χ1n) is 9.05. The maximum atomic E-state index is 13.4. The van der Waals surface area contributed by atoms with Crippen molar-refractivity contribution < 1.29 is 18.7 Å². The number of hydrogen-bond donors (Lipinski definition) is 1. The highest BCUT2D eigenvalue weighted by Crippen LogP contribution is 2.41. The van der Waals surface area contributed by atoms with Gasteiger partial charge in [-0.2, -0.15) is 5.10 Å². The maximum Gasteiger partial charge on any atom is 0.412 e. The van der Waals surface area contributed by atoms with E-state index >= 15 is 0 Å². The number of fused-ring (bicyclic) bond motifs is 1. The number of rotatable bonds is 4. The van der Waals surface area contributed by atoms with E-state index in [0.717, 1.165) is 29.7 Å². The van der Waals surface area contributed by atoms with Crippen molar-refractivity contribution in [3.63, 3.8) is 0 Å². The topological polar surface area (TPSA) is 78.3 Å². The summed E-state index contributed by atoms with van der Waals surface area (Å²) in [7, 11) is 0. The van der Waals surface area contributed by atoms with Gasteiger partial charge in [0.1, 0.15) is 17.3 Å². The summed E-state index contributed by atoms with van der Waals surface area (Å²) in [6.45, 7) is 3.34. The maximum absolute atomic E-state index is 13.4. The number of amides is 1. The highest BCUT2D eigenvalue weighted by Gasteiger charge is 2.24. The Labute approximate surface area is 161 Å². The lowest BCUT2D eigenvalue weighted by Gasteiger charge is -2.16. The molecule has 8 heteroatoms. The van der Waals surface area contributed by atoms with Crippen molar-refractivity contribution in [1.29, 1.82) is 0 Å². The monoisotopic (exact) mass is 382 g/mol. The number of carbonyl (C=O) groups is 1. The van der Waals surface area contributed by atoms with E-state index in [-0.39, 0.29) is 12.4 Å². The molecule has 1 aliphatic heterocycles. The molecule has 1 amide bonds. The van der Waals surface area contributed by atoms with Crippen molar-refractivity contribution in [1.82, 2.24) is 14.8 Å². The molecule has 2 aromatic heterocycles. The molecule has 0 spiro atoms. The molecule has 0 radical (unpaired) electrons. The quantitative estimate of drug-likeness (QED) is 0.735. The van der Waals surface area contributed by atoms with Crippen molar-refractivity contribution in [2.45, 2.75) is 19.9 Å². The number of nitrogens with one attached hydrogen (secondary N) is 1. The van der Waals surface area contributed by atoms with Crippen molar-refractivity contribution in [2.75, 3.05) is 18.5 Å². The lowest BCUT2D eigenvalue weighted by atomic mass is 10.0. The molecule has 0 fully saturated rings. The number of aryl methyl sites for hydroxylation is 1. The minimum absolute atomic E-state index is 0.269. The van der Waals surface area contributed by atoms with Gasteiger partial charge < -0.3 is 9.47 Å². The van der Waals surface area contributed by atoms with Crippen molar-refractivity contribution in [3.8, 4) is 28.3 Å². The van der Waals surface area contributed by atoms with Gasteiger partial charge in [-0.3, -0.25) is 5.32 Å². The first kappa shape index (κ1) is 18.0. The van der Waals surface area contributed by atoms with Crippen LogP contribution in [-0.4, -0.2) is 34.1 Å². The van der Waals surface area contributed by atoms with E-state index in [1.807, 2.05) is 10.7 Å². The molecule has 0 bridgehead atoms. The van der Waals surface area contributed by atoms with Gasteiger partial charge in [0.15, 0.2) is 0 Å². The van der Waals surface area contributed by atoms with Crippen LogP contribution >= 0.6 is 0 Å². The molecule has 0 atom stereocenters. The van der Waals surface area contributed by atoms with E-state index in [4.69, 9.17) is 9.47 Å². The first-order chi connectivity index (χ1) is 13.7. The highest BCUT2D eigenvalue weighted by molar-refractivity contribution is 5.88. The summed E-state index contributed by atoms with van der Waals surface area (Å²) in [6, 6.07) is 9.73. The third-order valence-corrected chi connectivity index (χ3v) is 4.33. The van der Waals surface area contributed by atoms with E-state index in [1.165, 1.54) is 12.1 Å². The van der Waals surface area contributed by atoms with E-state index < -0.39 is 6.09 Å². The molecule has 3 heterocycles. The predicted molar refractivity (Wildman–Crippen MR) is 102 cm³/mol. The lowest BCUT2D eigenvalue weighted by molar-refractivity contribution is 0.168. The molecular formula is C20H19FN4O3. The van der Waals surface area contributed by atoms with Crippen LogP contribution in [0.5, 0.6) is 5.88 Å². The fourth-order valence-electron chi connectivity index (χ4n) is 3.12. The van der Waals surface area contributed by atoms with Crippen LogP contribution in [0.1, 0.15) is 13.3 Å². The average molecular weight is 382 g/mol. The molecule has 3 aromatic rings. The number of nitrogens with zero attached hydrogens (tertiary/aromatic N) is 3. The third-order valence-electron chi connectivity index (χ3n) is 4.33. The van der Waals surface area contributed by atoms with E-state index in [9.17, 15) is 9.18 Å². The van der Waals surface area contributed by atoms with Crippen molar-refractivity contribution >= 4 is 11.9 Å². The molecule has 0 unspecified atom stereocenters. The van der Waals surface area contributed by atoms with Gasteiger partial charge in [-0.15, -0.1) is 0 Å². The standard InChI is InChI=1S/C20H19FN4O3/c1-2-27-20(26)23-16-12-14(8-9-22-16)17-18(13-4-6-15(21)7-5-13)24-25-10-3-11-28-19(17)25/h4-9,12H,2-3,10-11H2,1H3,(H,22,23,26). The summed E-state index contributed by atoms with van der Waals surface area (Å²) in [5, 5.41) is 7.29. The SMILES string of the molecule is CCOC(=O)Nc1cc(-c2c(-c3ccc(F)cc3)nn3c2OCCC3)ccn1. The largest absolute Gasteiger partial charge is 0.477 e. The molecule has 0 aliphatic carbocycles. The van der Waals surface area contributed by atoms with Crippen LogP contribution in [0.4, 0.5) is 15.0 Å². The zero-order valence-corrected chi connectivity index (χ0v) is 15.3. The second-order valence-electron chi connectivity index (χ2n) is 6.24. The van der Waals surface area contributed by atoms with Gasteiger partial charge >= 0.3 is 6.09 Å². The van der Waals surface area contributed by atoms with Crippen LogP contribution in [-0.2, 0) is 11.3 Å². The number of halogens is 1. The van der Waals surface area contributed by atoms with Crippen LogP contribution in [0.3, 0.4) is 0 Å². The average Bonchev–Trinajstić information content (AvgIpc) is 3.08. The Morgan fingerprint density at radius 1 is 1.29 bits per heavy atom. The van der Waals surface area contributed by atoms with Gasteiger partial charge in [-0.25, -0.2) is 18.9 Å². The summed E-state index contributed by atoms with van der Waals surface area (Å²) < 4.78 is 26.0. The van der Waals surface area contributed by atoms with E-state index in [0.29, 0.717) is 24.0 Å². The predicted octanol–water partition coefficient (Wildman–Crippen LogP) is 4.10. The molecule has 144 valence electrons. The van der Waals surface area contributed by atoms with Crippen molar-refractivity contribution in [3.05, 3.63) is 48.4 Å². The zero-order valence-electron chi connectivity index (χ0n) is 15.3. The smallest absolute Gasteiger partial charge is 0.412 e. The van der Waals surface area contributed by atoms with Crippen molar-refractivity contribution in [2.24, 2.45) is 0 Å². The zero-order chi connectivity index (χ0) is 19.5. The normalized spacial score (nSPS) is 12.8. The molecule has 7 nitrogen and oxygen atoms in total. The van der Waals surface area contributed by atoms with Crippen LogP contribution in [0.25, 0.3) is 22.4 Å². The minimum Gasteiger partial charge on any atom is -0.477 e. The van der Waals surface area contributed by atoms with E-state index in [2.05, 4.69) is 15.4 Å². The van der Waals surface area contributed by atoms with Gasteiger partial charge in [0, 0.05) is 24.7 Å². The molecule has 1 aromatic carbocycles. The molecule has 28 heavy (non-hydrogen) atoms. The number of hydrogen-bond acceptors (Lipinski definition) is 5. The minimum atomic E-state index is -0.570. The number of benzene rings is 1. The van der Waals surface area contributed by atoms with Gasteiger partial charge in [0.05, 0.1) is 18.8 Å². The lowest BCUT2D eigenvalue weighted by Crippen LogP contribution is -2.15. The summed E-state index contributed by atoms with van der Waals surface area (Å²) >= 11 is 0. The Hall–Kier alpha value is -3.42. The second kappa shape index (κ2) is 7.67. The van der Waals surface area contributed by atoms with Gasteiger partial charge in [-0.1, -0.05) is 0 Å². The summed E-state index contributed by atoms with van der Waals surface area (Å²) in [5.41, 5.74) is 3.02. The Kier molecular flexibility index (Phi) is 4.92. The molecule has 4 rings (SSSR count). The number of carbonyl (C=O) groups excluding carboxylic acids is 1. The van der Waals surface area contributed by atoms with Crippen LogP contribution < -0.4 is 10.1 Å². The fourth-order valence-corrected chi connectivity index (χ4v) is 3.12. The summed E-state index contributed by atoms with van der Waals surface area (Å²) in [6.07, 6.45) is 1.89. The van der Waals surface area contributed by atoms with Gasteiger partial charge in [-0.05, 0) is 48.9 Å². The molecular weight excluding hydrogens is 363 g/mol. The number of ether oxygens (including phenoxy) is 2. The number of pyridine rings is 1. The van der Waals surface area contributed by atoms with E-state index in [1.54, 1.807) is 31.3 Å². The molecule has 1 N–H and O–H groups in total. The molecule has 1 aliphatic rings. The summed E-state index contributed by atoms with van der Waals surface area (Å²) in [5.74, 6) is 0.700. The summed E-state index contributed by atoms with van der Waals surface area (Å²) in [4.78, 5) is 15.9. The fraction of sp³-hybridized carbons (Fsp3) is 0.250. The second-order valence-corrected chi connectivity index (χ2v) is 6.24. The Balaban J connectivity index is 1.79. The van der Waals surface area contributed by atoms with Crippen LogP contribution in [0.15, 0.2) is 42.6 Å². The number of aromatic nitrogens is 3. The Bertz CT molecular complexity index is 1000. The van der Waals surface area contributed by atoms with Crippen LogP contribution in [0, 0.1) is 5.82 Å². The van der Waals surface area contributed by atoms with Gasteiger partial charge in [0.25, 0.3) is 0 Å². The molecule has 0 saturated carbocycles. The Morgan fingerprint density at radius 3 is 2.89 bits per heavy atom. The highest BCUT2D eigenvalue weighted by atomic mass is 19.1. The molecule has 0 saturated heterocycles. The van der Waals surface area contributed by atoms with Crippen LogP contribution in [0.2, 0.25) is 0 Å². The first-order valence-corrected chi connectivity index (χ1v) is 9.05. The Morgan fingerprint density at radius 2 is 2.11 bits per heavy atom. The number of anilines is 1. The third kappa shape index (κ3) is 3.53.